The maximum Gasteiger partial charge on any atom is 0.122 e. The largest absolute Gasteiger partial charge is 0.496 e. The molecule has 1 heterocycles. The van der Waals surface area contributed by atoms with Crippen molar-refractivity contribution in [2.45, 2.75) is 32.0 Å². The lowest BCUT2D eigenvalue weighted by Crippen LogP contribution is -2.45. The molecule has 86 valence electrons. The van der Waals surface area contributed by atoms with Crippen molar-refractivity contribution < 1.29 is 9.47 Å². The highest BCUT2D eigenvalue weighted by molar-refractivity contribution is 5.23. The average Bonchev–Trinajstić information content (AvgIpc) is 2.26. The molecular formula is C14H18O2. The summed E-state index contributed by atoms with van der Waals surface area (Å²) in [5.41, 5.74) is 1.34. The summed E-state index contributed by atoms with van der Waals surface area (Å²) in [5, 5.41) is 0. The van der Waals surface area contributed by atoms with Gasteiger partial charge in [-0.25, -0.2) is 0 Å². The van der Waals surface area contributed by atoms with Crippen LogP contribution in [-0.2, 0) is 9.47 Å². The van der Waals surface area contributed by atoms with Crippen molar-refractivity contribution >= 4 is 0 Å². The summed E-state index contributed by atoms with van der Waals surface area (Å²) >= 11 is 0. The fourth-order valence-corrected chi connectivity index (χ4v) is 2.03. The Morgan fingerprint density at radius 2 is 2.12 bits per heavy atom. The Hall–Kier alpha value is -1.28. The third-order valence-electron chi connectivity index (χ3n) is 2.98. The van der Waals surface area contributed by atoms with Gasteiger partial charge in [0.15, 0.2) is 0 Å². The summed E-state index contributed by atoms with van der Waals surface area (Å²) in [4.78, 5) is 0. The van der Waals surface area contributed by atoms with Gasteiger partial charge in [-0.15, -0.1) is 0 Å². The Kier molecular flexibility index (Phi) is 3.62. The molecule has 1 fully saturated rings. The van der Waals surface area contributed by atoms with Crippen molar-refractivity contribution in [2.24, 2.45) is 0 Å². The number of allylic oxidation sites excluding steroid dienone is 1. The highest BCUT2D eigenvalue weighted by Crippen LogP contribution is 2.34. The summed E-state index contributed by atoms with van der Waals surface area (Å²) < 4.78 is 11.1. The number of hydrogen-bond donors (Lipinski definition) is 0. The molecule has 2 nitrogen and oxygen atoms in total. The molecule has 0 radical (unpaired) electrons. The van der Waals surface area contributed by atoms with E-state index in [1.807, 2.05) is 19.1 Å². The molecule has 1 saturated heterocycles. The first-order valence-electron chi connectivity index (χ1n) is 5.76. The van der Waals surface area contributed by atoms with Crippen LogP contribution >= 0.6 is 0 Å². The van der Waals surface area contributed by atoms with E-state index in [9.17, 15) is 0 Å². The van der Waals surface area contributed by atoms with Gasteiger partial charge < -0.3 is 9.47 Å². The molecule has 1 aromatic rings. The van der Waals surface area contributed by atoms with E-state index in [0.29, 0.717) is 5.92 Å². The molecular weight excluding hydrogens is 200 g/mol. The second-order valence-electron chi connectivity index (χ2n) is 4.13. The molecule has 0 amide bonds. The average molecular weight is 218 g/mol. The van der Waals surface area contributed by atoms with E-state index in [0.717, 1.165) is 6.61 Å². The third kappa shape index (κ3) is 2.27. The minimum absolute atomic E-state index is 0.107. The van der Waals surface area contributed by atoms with Crippen LogP contribution in [0.2, 0.25) is 0 Å². The number of benzene rings is 1. The topological polar surface area (TPSA) is 18.5 Å². The SMILES string of the molecule is CC=COC(C)C1OCC1c1ccccc1. The summed E-state index contributed by atoms with van der Waals surface area (Å²) in [6, 6.07) is 10.5. The molecule has 1 aliphatic rings. The predicted molar refractivity (Wildman–Crippen MR) is 64.3 cm³/mol. The van der Waals surface area contributed by atoms with Crippen LogP contribution in [0.4, 0.5) is 0 Å². The highest BCUT2D eigenvalue weighted by Gasteiger charge is 2.38. The van der Waals surface area contributed by atoms with Crippen LogP contribution < -0.4 is 0 Å². The van der Waals surface area contributed by atoms with Crippen LogP contribution in [0.25, 0.3) is 0 Å². The number of ether oxygens (including phenoxy) is 2. The molecule has 16 heavy (non-hydrogen) atoms. The predicted octanol–water partition coefficient (Wildman–Crippen LogP) is 3.11. The third-order valence-corrected chi connectivity index (χ3v) is 2.98. The van der Waals surface area contributed by atoms with Gasteiger partial charge in [-0.05, 0) is 19.4 Å². The monoisotopic (exact) mass is 218 g/mol. The first-order chi connectivity index (χ1) is 7.83. The molecule has 0 spiro atoms. The second kappa shape index (κ2) is 5.17. The lowest BCUT2D eigenvalue weighted by atomic mass is 9.87. The van der Waals surface area contributed by atoms with Crippen LogP contribution in [0.15, 0.2) is 42.7 Å². The summed E-state index contributed by atoms with van der Waals surface area (Å²) in [6.07, 6.45) is 3.91. The van der Waals surface area contributed by atoms with Crippen LogP contribution in [0.3, 0.4) is 0 Å². The van der Waals surface area contributed by atoms with E-state index in [4.69, 9.17) is 9.47 Å². The Labute approximate surface area is 96.9 Å². The lowest BCUT2D eigenvalue weighted by Gasteiger charge is -2.40. The van der Waals surface area contributed by atoms with E-state index < -0.39 is 0 Å². The van der Waals surface area contributed by atoms with Crippen molar-refractivity contribution in [3.05, 3.63) is 48.2 Å². The number of hydrogen-bond acceptors (Lipinski definition) is 2. The van der Waals surface area contributed by atoms with Crippen molar-refractivity contribution in [3.8, 4) is 0 Å². The van der Waals surface area contributed by atoms with E-state index in [1.165, 1.54) is 5.56 Å². The van der Waals surface area contributed by atoms with Crippen LogP contribution in [0, 0.1) is 0 Å². The summed E-state index contributed by atoms with van der Waals surface area (Å²) in [7, 11) is 0. The van der Waals surface area contributed by atoms with E-state index in [2.05, 4.69) is 31.2 Å². The minimum Gasteiger partial charge on any atom is -0.496 e. The Morgan fingerprint density at radius 1 is 1.38 bits per heavy atom. The van der Waals surface area contributed by atoms with Gasteiger partial charge in [0.1, 0.15) is 12.2 Å². The molecule has 0 N–H and O–H groups in total. The number of rotatable bonds is 4. The zero-order valence-electron chi connectivity index (χ0n) is 9.80. The van der Waals surface area contributed by atoms with Gasteiger partial charge in [0, 0.05) is 5.92 Å². The molecule has 3 atom stereocenters. The van der Waals surface area contributed by atoms with Crippen molar-refractivity contribution in [1.82, 2.24) is 0 Å². The van der Waals surface area contributed by atoms with Gasteiger partial charge in [-0.1, -0.05) is 36.4 Å². The minimum atomic E-state index is 0.107. The maximum absolute atomic E-state index is 5.60. The van der Waals surface area contributed by atoms with Crippen LogP contribution in [0.5, 0.6) is 0 Å². The molecule has 0 saturated carbocycles. The summed E-state index contributed by atoms with van der Waals surface area (Å²) in [6.45, 7) is 4.81. The van der Waals surface area contributed by atoms with Gasteiger partial charge in [0.25, 0.3) is 0 Å². The van der Waals surface area contributed by atoms with Gasteiger partial charge >= 0.3 is 0 Å². The zero-order valence-corrected chi connectivity index (χ0v) is 9.80. The first kappa shape index (κ1) is 11.2. The normalized spacial score (nSPS) is 26.4. The van der Waals surface area contributed by atoms with E-state index in [1.54, 1.807) is 6.26 Å². The maximum atomic E-state index is 5.60. The molecule has 0 bridgehead atoms. The van der Waals surface area contributed by atoms with Crippen molar-refractivity contribution in [1.29, 1.82) is 0 Å². The standard InChI is InChI=1S/C14H18O2/c1-3-9-15-11(2)14-13(10-16-14)12-7-5-4-6-8-12/h3-9,11,13-14H,10H2,1-2H3. The zero-order chi connectivity index (χ0) is 11.4. The Bertz CT molecular complexity index is 345. The van der Waals surface area contributed by atoms with Gasteiger partial charge in [0.2, 0.25) is 0 Å². The summed E-state index contributed by atoms with van der Waals surface area (Å²) in [5.74, 6) is 0.474. The van der Waals surface area contributed by atoms with E-state index >= 15 is 0 Å². The highest BCUT2D eigenvalue weighted by atomic mass is 16.6. The van der Waals surface area contributed by atoms with Gasteiger partial charge in [-0.3, -0.25) is 0 Å². The van der Waals surface area contributed by atoms with Gasteiger partial charge in [0.05, 0.1) is 12.9 Å². The van der Waals surface area contributed by atoms with E-state index in [-0.39, 0.29) is 12.2 Å². The Morgan fingerprint density at radius 3 is 2.69 bits per heavy atom. The van der Waals surface area contributed by atoms with Crippen molar-refractivity contribution in [2.75, 3.05) is 6.61 Å². The quantitative estimate of drug-likeness (QED) is 0.723. The first-order valence-corrected chi connectivity index (χ1v) is 5.76. The smallest absolute Gasteiger partial charge is 0.122 e. The fraction of sp³-hybridized carbons (Fsp3) is 0.429. The fourth-order valence-electron chi connectivity index (χ4n) is 2.03. The molecule has 0 aromatic heterocycles. The molecule has 1 aromatic carbocycles. The molecule has 2 heteroatoms. The molecule has 1 aliphatic heterocycles. The lowest BCUT2D eigenvalue weighted by molar-refractivity contribution is -0.134. The van der Waals surface area contributed by atoms with Crippen LogP contribution in [0.1, 0.15) is 25.3 Å². The second-order valence-corrected chi connectivity index (χ2v) is 4.13. The molecule has 3 unspecified atom stereocenters. The van der Waals surface area contributed by atoms with Crippen molar-refractivity contribution in [3.63, 3.8) is 0 Å². The van der Waals surface area contributed by atoms with Gasteiger partial charge in [-0.2, -0.15) is 0 Å². The molecule has 2 rings (SSSR count). The molecule has 0 aliphatic carbocycles. The Balaban J connectivity index is 1.98. The van der Waals surface area contributed by atoms with Crippen LogP contribution in [-0.4, -0.2) is 18.8 Å².